The van der Waals surface area contributed by atoms with Crippen molar-refractivity contribution in [3.63, 3.8) is 0 Å². The van der Waals surface area contributed by atoms with E-state index in [4.69, 9.17) is 4.74 Å². The SMILES string of the molecule is COc1cccc2[nH]c(C(=O)N(C)[C@@H](CCC(C)C)C(=O)N3C[C@]4(CC3C#N)C(=O)Nc3ccccc34)cc12. The number of likely N-dealkylation sites (N-methyl/N-ethyl adjacent to an activating group) is 1. The number of hydrogen-bond acceptors (Lipinski definition) is 5. The molecule has 3 amide bonds. The number of fused-ring (bicyclic) bond motifs is 3. The Hall–Kier alpha value is -4.32. The first kappa shape index (κ1) is 26.3. The highest BCUT2D eigenvalue weighted by atomic mass is 16.5. The van der Waals surface area contributed by atoms with Gasteiger partial charge in [-0.3, -0.25) is 14.4 Å². The molecule has 2 aromatic carbocycles. The zero-order chi connectivity index (χ0) is 27.9. The summed E-state index contributed by atoms with van der Waals surface area (Å²) in [4.78, 5) is 47.2. The van der Waals surface area contributed by atoms with Crippen LogP contribution in [0, 0.1) is 17.2 Å². The number of nitrogens with zero attached hydrogens (tertiary/aromatic N) is 3. The maximum Gasteiger partial charge on any atom is 0.270 e. The van der Waals surface area contributed by atoms with Gasteiger partial charge in [0.05, 0.1) is 18.6 Å². The lowest BCUT2D eigenvalue weighted by Crippen LogP contribution is -2.51. The number of rotatable bonds is 7. The van der Waals surface area contributed by atoms with Gasteiger partial charge < -0.3 is 24.8 Å². The molecule has 3 aromatic rings. The number of amides is 3. The predicted octanol–water partition coefficient (Wildman–Crippen LogP) is 4.07. The van der Waals surface area contributed by atoms with Gasteiger partial charge >= 0.3 is 0 Å². The van der Waals surface area contributed by atoms with Crippen molar-refractivity contribution in [1.82, 2.24) is 14.8 Å². The number of para-hydroxylation sites is 1. The van der Waals surface area contributed by atoms with Crippen LogP contribution in [-0.2, 0) is 15.0 Å². The summed E-state index contributed by atoms with van der Waals surface area (Å²) in [6.07, 6.45) is 1.37. The van der Waals surface area contributed by atoms with Crippen LogP contribution >= 0.6 is 0 Å². The Labute approximate surface area is 227 Å². The number of H-pyrrole nitrogens is 1. The molecule has 0 saturated carbocycles. The van der Waals surface area contributed by atoms with Gasteiger partial charge in [0.15, 0.2) is 0 Å². The van der Waals surface area contributed by atoms with Crippen molar-refractivity contribution in [3.05, 3.63) is 59.8 Å². The van der Waals surface area contributed by atoms with Crippen molar-refractivity contribution in [2.45, 2.75) is 50.6 Å². The minimum absolute atomic E-state index is 0.0940. The van der Waals surface area contributed by atoms with Gasteiger partial charge in [-0.1, -0.05) is 38.1 Å². The van der Waals surface area contributed by atoms with Crippen LogP contribution in [0.5, 0.6) is 5.75 Å². The number of aromatic nitrogens is 1. The zero-order valence-electron chi connectivity index (χ0n) is 22.7. The molecule has 2 aliphatic heterocycles. The fraction of sp³-hybridized carbons (Fsp3) is 0.400. The Balaban J connectivity index is 1.46. The monoisotopic (exact) mass is 527 g/mol. The minimum Gasteiger partial charge on any atom is -0.496 e. The summed E-state index contributed by atoms with van der Waals surface area (Å²) in [5, 5.41) is 13.7. The molecule has 2 N–H and O–H groups in total. The number of methoxy groups -OCH3 is 1. The van der Waals surface area contributed by atoms with Gasteiger partial charge in [-0.2, -0.15) is 5.26 Å². The number of carbonyl (C=O) groups is 3. The van der Waals surface area contributed by atoms with Crippen molar-refractivity contribution >= 4 is 34.3 Å². The van der Waals surface area contributed by atoms with E-state index in [0.29, 0.717) is 35.9 Å². The van der Waals surface area contributed by atoms with Gasteiger partial charge in [-0.15, -0.1) is 0 Å². The van der Waals surface area contributed by atoms with Crippen molar-refractivity contribution in [1.29, 1.82) is 5.26 Å². The van der Waals surface area contributed by atoms with E-state index in [1.807, 2.05) is 42.5 Å². The Morgan fingerprint density at radius 2 is 1.97 bits per heavy atom. The van der Waals surface area contributed by atoms with Crippen molar-refractivity contribution in [3.8, 4) is 11.8 Å². The van der Waals surface area contributed by atoms with E-state index >= 15 is 0 Å². The summed E-state index contributed by atoms with van der Waals surface area (Å²) < 4.78 is 5.43. The highest BCUT2D eigenvalue weighted by Crippen LogP contribution is 2.46. The largest absolute Gasteiger partial charge is 0.496 e. The van der Waals surface area contributed by atoms with Crippen LogP contribution in [0.15, 0.2) is 48.5 Å². The molecular formula is C30H33N5O4. The lowest BCUT2D eigenvalue weighted by Gasteiger charge is -2.32. The molecule has 0 bridgehead atoms. The Morgan fingerprint density at radius 1 is 1.21 bits per heavy atom. The van der Waals surface area contributed by atoms with Crippen LogP contribution in [0.1, 0.15) is 49.2 Å². The highest BCUT2D eigenvalue weighted by molar-refractivity contribution is 6.07. The number of anilines is 1. The molecular weight excluding hydrogens is 494 g/mol. The molecule has 0 aliphatic carbocycles. The fourth-order valence-corrected chi connectivity index (χ4v) is 5.90. The second-order valence-electron chi connectivity index (χ2n) is 10.9. The molecule has 9 nitrogen and oxygen atoms in total. The maximum atomic E-state index is 14.2. The predicted molar refractivity (Wildman–Crippen MR) is 147 cm³/mol. The molecule has 202 valence electrons. The molecule has 1 unspecified atom stereocenters. The van der Waals surface area contributed by atoms with Gasteiger partial charge in [0.25, 0.3) is 5.91 Å². The number of carbonyl (C=O) groups excluding carboxylic acids is 3. The van der Waals surface area contributed by atoms with Crippen molar-refractivity contribution in [2.75, 3.05) is 26.0 Å². The van der Waals surface area contributed by atoms with Crippen LogP contribution in [-0.4, -0.2) is 65.3 Å². The van der Waals surface area contributed by atoms with Crippen molar-refractivity contribution in [2.24, 2.45) is 5.92 Å². The molecule has 3 heterocycles. The third-order valence-electron chi connectivity index (χ3n) is 8.08. The standard InChI is InChI=1S/C30H33N5O4/c1-18(2)12-13-25(34(3)27(36)24-14-20-22(32-24)10-7-11-26(20)39-4)28(37)35-17-30(15-19(35)16-31)21-8-5-6-9-23(21)33-29(30)38/h5-11,14,18-19,25,32H,12-13,15,17H2,1-4H3,(H,33,38)/t19?,25-,30-/m0/s1. The fourth-order valence-electron chi connectivity index (χ4n) is 5.90. The first-order valence-electron chi connectivity index (χ1n) is 13.2. The average molecular weight is 528 g/mol. The first-order chi connectivity index (χ1) is 18.7. The molecule has 1 saturated heterocycles. The molecule has 2 aliphatic rings. The van der Waals surface area contributed by atoms with E-state index in [0.717, 1.165) is 16.5 Å². The van der Waals surface area contributed by atoms with Gasteiger partial charge in [-0.05, 0) is 48.6 Å². The molecule has 9 heteroatoms. The number of ether oxygens (including phenoxy) is 1. The second-order valence-corrected chi connectivity index (χ2v) is 10.9. The van der Waals surface area contributed by atoms with Gasteiger partial charge in [0, 0.05) is 36.6 Å². The normalized spacial score (nSPS) is 20.7. The molecule has 0 radical (unpaired) electrons. The first-order valence-corrected chi connectivity index (χ1v) is 13.2. The third kappa shape index (κ3) is 4.40. The number of nitriles is 1. The Bertz CT molecular complexity index is 1490. The maximum absolute atomic E-state index is 14.2. The van der Waals surface area contributed by atoms with Crippen LogP contribution in [0.25, 0.3) is 10.9 Å². The number of aromatic amines is 1. The number of nitrogens with one attached hydrogen (secondary N) is 2. The van der Waals surface area contributed by atoms with Gasteiger partial charge in [0.2, 0.25) is 11.8 Å². The summed E-state index contributed by atoms with van der Waals surface area (Å²) in [6, 6.07) is 15.4. The average Bonchev–Trinajstić information content (AvgIpc) is 3.62. The smallest absolute Gasteiger partial charge is 0.270 e. The zero-order valence-corrected chi connectivity index (χ0v) is 22.7. The van der Waals surface area contributed by atoms with E-state index in [1.165, 1.54) is 9.80 Å². The quantitative estimate of drug-likeness (QED) is 0.480. The van der Waals surface area contributed by atoms with Crippen LogP contribution in [0.2, 0.25) is 0 Å². The summed E-state index contributed by atoms with van der Waals surface area (Å²) in [7, 11) is 3.20. The van der Waals surface area contributed by atoms with Gasteiger partial charge in [-0.25, -0.2) is 0 Å². The highest BCUT2D eigenvalue weighted by Gasteiger charge is 2.56. The van der Waals surface area contributed by atoms with E-state index in [2.05, 4.69) is 30.2 Å². The minimum atomic E-state index is -0.981. The molecule has 1 aromatic heterocycles. The Kier molecular flexibility index (Phi) is 6.81. The van der Waals surface area contributed by atoms with E-state index in [-0.39, 0.29) is 30.7 Å². The molecule has 1 fully saturated rings. The molecule has 5 rings (SSSR count). The van der Waals surface area contributed by atoms with Crippen LogP contribution in [0.4, 0.5) is 5.69 Å². The lowest BCUT2D eigenvalue weighted by atomic mass is 9.80. The number of hydrogen-bond donors (Lipinski definition) is 2. The Morgan fingerprint density at radius 3 is 2.69 bits per heavy atom. The summed E-state index contributed by atoms with van der Waals surface area (Å²) in [6.45, 7) is 4.23. The number of benzene rings is 2. The molecule has 3 atom stereocenters. The third-order valence-corrected chi connectivity index (χ3v) is 8.08. The van der Waals surface area contributed by atoms with E-state index in [1.54, 1.807) is 20.2 Å². The van der Waals surface area contributed by atoms with Crippen molar-refractivity contribution < 1.29 is 19.1 Å². The second kappa shape index (κ2) is 10.1. The van der Waals surface area contributed by atoms with Crippen LogP contribution < -0.4 is 10.1 Å². The van der Waals surface area contributed by atoms with E-state index < -0.39 is 17.5 Å². The summed E-state index contributed by atoms with van der Waals surface area (Å²) >= 11 is 0. The lowest BCUT2D eigenvalue weighted by molar-refractivity contribution is -0.136. The molecule has 1 spiro atoms. The van der Waals surface area contributed by atoms with Gasteiger partial charge in [0.1, 0.15) is 23.5 Å². The summed E-state index contributed by atoms with van der Waals surface area (Å²) in [5.74, 6) is 0.106. The van der Waals surface area contributed by atoms with Crippen LogP contribution in [0.3, 0.4) is 0 Å². The molecule has 39 heavy (non-hydrogen) atoms. The topological polar surface area (TPSA) is 119 Å². The summed E-state index contributed by atoms with van der Waals surface area (Å²) in [5.41, 5.74) is 1.64. The van der Waals surface area contributed by atoms with E-state index in [9.17, 15) is 19.6 Å². The number of likely N-dealkylation sites (tertiary alicyclic amines) is 1.